The summed E-state index contributed by atoms with van der Waals surface area (Å²) in [4.78, 5) is 11.9. The number of anilines is 1. The van der Waals surface area contributed by atoms with Crippen molar-refractivity contribution in [3.63, 3.8) is 0 Å². The summed E-state index contributed by atoms with van der Waals surface area (Å²) in [5.74, 6) is -0.810. The van der Waals surface area contributed by atoms with Gasteiger partial charge in [0.2, 0.25) is 0 Å². The molecule has 1 aromatic carbocycles. The lowest BCUT2D eigenvalue weighted by atomic mass is 10.2. The second kappa shape index (κ2) is 5.29. The highest BCUT2D eigenvalue weighted by Crippen LogP contribution is 2.23. The Morgan fingerprint density at radius 1 is 1.44 bits per heavy atom. The monoisotopic (exact) mass is 324 g/mol. The van der Waals surface area contributed by atoms with E-state index >= 15 is 0 Å². The quantitative estimate of drug-likeness (QED) is 0.914. The van der Waals surface area contributed by atoms with E-state index in [2.05, 4.69) is 21.2 Å². The molecule has 0 unspecified atom stereocenters. The molecule has 0 saturated carbocycles. The Hall–Kier alpha value is -1.71. The molecule has 90 valence electrons. The molecule has 0 aliphatic heterocycles. The first-order valence-electron chi connectivity index (χ1n) is 4.86. The van der Waals surface area contributed by atoms with Crippen molar-refractivity contribution in [3.05, 3.63) is 51.1 Å². The van der Waals surface area contributed by atoms with Crippen molar-refractivity contribution in [3.8, 4) is 6.07 Å². The van der Waals surface area contributed by atoms with Crippen LogP contribution in [0.25, 0.3) is 0 Å². The van der Waals surface area contributed by atoms with E-state index in [1.54, 1.807) is 11.4 Å². The maximum absolute atomic E-state index is 13.0. The summed E-state index contributed by atoms with van der Waals surface area (Å²) in [6.07, 6.45) is 0. The minimum Gasteiger partial charge on any atom is -0.312 e. The first-order valence-corrected chi connectivity index (χ1v) is 6.53. The first-order chi connectivity index (χ1) is 8.61. The summed E-state index contributed by atoms with van der Waals surface area (Å²) < 4.78 is 13.3. The molecule has 3 nitrogen and oxygen atoms in total. The van der Waals surface area contributed by atoms with Crippen LogP contribution >= 0.6 is 27.3 Å². The molecule has 2 rings (SSSR count). The molecule has 1 heterocycles. The number of hydrogen-bond donors (Lipinski definition) is 1. The Kier molecular flexibility index (Phi) is 3.75. The lowest BCUT2D eigenvalue weighted by Crippen LogP contribution is -2.11. The lowest BCUT2D eigenvalue weighted by Gasteiger charge is -2.04. The van der Waals surface area contributed by atoms with Gasteiger partial charge in [-0.3, -0.25) is 4.79 Å². The average Bonchev–Trinajstić information content (AvgIpc) is 2.79. The Labute approximate surface area is 115 Å². The van der Waals surface area contributed by atoms with Gasteiger partial charge in [-0.1, -0.05) is 0 Å². The molecule has 0 saturated heterocycles. The van der Waals surface area contributed by atoms with E-state index in [0.717, 1.165) is 0 Å². The summed E-state index contributed by atoms with van der Waals surface area (Å²) in [6.45, 7) is 0. The molecule has 2 aromatic rings. The van der Waals surface area contributed by atoms with Crippen molar-refractivity contribution < 1.29 is 9.18 Å². The van der Waals surface area contributed by atoms with Crippen molar-refractivity contribution in [1.29, 1.82) is 5.26 Å². The standard InChI is InChI=1S/C12H6BrFN2OS/c13-9-5-7(1-2-10(9)14)11(17)16-12-8(6-15)3-4-18-12/h1-5H,(H,16,17). The molecule has 0 atom stereocenters. The fourth-order valence-corrected chi connectivity index (χ4v) is 2.42. The molecule has 0 aliphatic carbocycles. The largest absolute Gasteiger partial charge is 0.312 e. The van der Waals surface area contributed by atoms with Crippen LogP contribution in [0.3, 0.4) is 0 Å². The zero-order valence-electron chi connectivity index (χ0n) is 8.91. The number of amides is 1. The predicted octanol–water partition coefficient (Wildman–Crippen LogP) is 3.77. The number of nitrogens with one attached hydrogen (secondary N) is 1. The van der Waals surface area contributed by atoms with Crippen LogP contribution in [0.5, 0.6) is 0 Å². The van der Waals surface area contributed by atoms with Crippen LogP contribution < -0.4 is 5.32 Å². The smallest absolute Gasteiger partial charge is 0.256 e. The van der Waals surface area contributed by atoms with Crippen molar-refractivity contribution in [2.45, 2.75) is 0 Å². The fraction of sp³-hybridized carbons (Fsp3) is 0. The van der Waals surface area contributed by atoms with Gasteiger partial charge in [-0.15, -0.1) is 11.3 Å². The summed E-state index contributed by atoms with van der Waals surface area (Å²) in [5, 5.41) is 13.6. The summed E-state index contributed by atoms with van der Waals surface area (Å²) in [5.41, 5.74) is 0.732. The van der Waals surface area contributed by atoms with Gasteiger partial charge < -0.3 is 5.32 Å². The van der Waals surface area contributed by atoms with E-state index < -0.39 is 5.82 Å². The van der Waals surface area contributed by atoms with E-state index in [-0.39, 0.29) is 10.4 Å². The van der Waals surface area contributed by atoms with E-state index in [4.69, 9.17) is 5.26 Å². The number of thiophene rings is 1. The fourth-order valence-electron chi connectivity index (χ4n) is 1.31. The van der Waals surface area contributed by atoms with Crippen LogP contribution in [0.1, 0.15) is 15.9 Å². The van der Waals surface area contributed by atoms with Gasteiger partial charge in [0.05, 0.1) is 10.0 Å². The number of carbonyl (C=O) groups is 1. The highest BCUT2D eigenvalue weighted by atomic mass is 79.9. The van der Waals surface area contributed by atoms with Crippen LogP contribution in [-0.2, 0) is 0 Å². The number of benzene rings is 1. The van der Waals surface area contributed by atoms with Crippen molar-refractivity contribution in [2.75, 3.05) is 5.32 Å². The minimum atomic E-state index is -0.430. The highest BCUT2D eigenvalue weighted by Gasteiger charge is 2.11. The Morgan fingerprint density at radius 3 is 2.89 bits per heavy atom. The molecule has 0 aliphatic rings. The molecule has 1 aromatic heterocycles. The van der Waals surface area contributed by atoms with Gasteiger partial charge in [0.15, 0.2) is 0 Å². The molecule has 6 heteroatoms. The van der Waals surface area contributed by atoms with Crippen LogP contribution in [0.2, 0.25) is 0 Å². The van der Waals surface area contributed by atoms with E-state index in [1.165, 1.54) is 29.5 Å². The number of carbonyl (C=O) groups excluding carboxylic acids is 1. The second-order valence-corrected chi connectivity index (χ2v) is 5.13. The van der Waals surface area contributed by atoms with Crippen molar-refractivity contribution in [1.82, 2.24) is 0 Å². The third-order valence-electron chi connectivity index (χ3n) is 2.19. The number of hydrogen-bond acceptors (Lipinski definition) is 3. The molecule has 1 N–H and O–H groups in total. The molecule has 1 amide bonds. The van der Waals surface area contributed by atoms with Crippen LogP contribution in [-0.4, -0.2) is 5.91 Å². The van der Waals surface area contributed by atoms with Crippen LogP contribution in [0.15, 0.2) is 34.1 Å². The number of nitrogens with zero attached hydrogens (tertiary/aromatic N) is 1. The predicted molar refractivity (Wildman–Crippen MR) is 71.1 cm³/mol. The van der Waals surface area contributed by atoms with Gasteiger partial charge in [-0.25, -0.2) is 4.39 Å². The van der Waals surface area contributed by atoms with Gasteiger partial charge in [-0.2, -0.15) is 5.26 Å². The molecule has 0 fully saturated rings. The lowest BCUT2D eigenvalue weighted by molar-refractivity contribution is 0.102. The SMILES string of the molecule is N#Cc1ccsc1NC(=O)c1ccc(F)c(Br)c1. The average molecular weight is 325 g/mol. The van der Waals surface area contributed by atoms with E-state index in [0.29, 0.717) is 16.1 Å². The van der Waals surface area contributed by atoms with Gasteiger partial charge in [0.1, 0.15) is 16.9 Å². The second-order valence-electron chi connectivity index (χ2n) is 3.36. The molecule has 0 bridgehead atoms. The van der Waals surface area contributed by atoms with Gasteiger partial charge in [0.25, 0.3) is 5.91 Å². The first kappa shape index (κ1) is 12.7. The zero-order valence-corrected chi connectivity index (χ0v) is 11.3. The van der Waals surface area contributed by atoms with Crippen LogP contribution in [0.4, 0.5) is 9.39 Å². The van der Waals surface area contributed by atoms with Crippen LogP contribution in [0, 0.1) is 17.1 Å². The van der Waals surface area contributed by atoms with E-state index in [1.807, 2.05) is 6.07 Å². The van der Waals surface area contributed by atoms with Crippen molar-refractivity contribution in [2.24, 2.45) is 0 Å². The zero-order chi connectivity index (χ0) is 13.1. The summed E-state index contributed by atoms with van der Waals surface area (Å²) in [7, 11) is 0. The number of nitriles is 1. The van der Waals surface area contributed by atoms with Gasteiger partial charge in [-0.05, 0) is 45.6 Å². The normalized spacial score (nSPS) is 9.83. The molecule has 18 heavy (non-hydrogen) atoms. The van der Waals surface area contributed by atoms with Gasteiger partial charge >= 0.3 is 0 Å². The van der Waals surface area contributed by atoms with Crippen molar-refractivity contribution >= 4 is 38.2 Å². The summed E-state index contributed by atoms with van der Waals surface area (Å²) in [6, 6.07) is 7.59. The van der Waals surface area contributed by atoms with E-state index in [9.17, 15) is 9.18 Å². The Morgan fingerprint density at radius 2 is 2.22 bits per heavy atom. The number of halogens is 2. The number of rotatable bonds is 2. The maximum atomic E-state index is 13.0. The topological polar surface area (TPSA) is 52.9 Å². The van der Waals surface area contributed by atoms with Gasteiger partial charge in [0, 0.05) is 5.56 Å². The third kappa shape index (κ3) is 2.58. The molecular formula is C12H6BrFN2OS. The molecule has 0 spiro atoms. The summed E-state index contributed by atoms with van der Waals surface area (Å²) >= 11 is 4.28. The highest BCUT2D eigenvalue weighted by molar-refractivity contribution is 9.10. The molecule has 0 radical (unpaired) electrons. The third-order valence-corrected chi connectivity index (χ3v) is 3.63. The molecular weight excluding hydrogens is 319 g/mol. The Bertz CT molecular complexity index is 648. The maximum Gasteiger partial charge on any atom is 0.256 e. The Balaban J connectivity index is 2.23. The minimum absolute atomic E-state index is 0.224.